The van der Waals surface area contributed by atoms with Crippen LogP contribution in [0.25, 0.3) is 10.8 Å². The highest BCUT2D eigenvalue weighted by atomic mass is 16.2. The van der Waals surface area contributed by atoms with E-state index in [9.17, 15) is 9.59 Å². The molecule has 3 aromatic rings. The van der Waals surface area contributed by atoms with Crippen molar-refractivity contribution in [2.45, 2.75) is 26.4 Å². The zero-order valence-electron chi connectivity index (χ0n) is 15.6. The van der Waals surface area contributed by atoms with E-state index < -0.39 is 0 Å². The van der Waals surface area contributed by atoms with Crippen molar-refractivity contribution in [2.24, 2.45) is 5.92 Å². The Kier molecular flexibility index (Phi) is 5.86. The van der Waals surface area contributed by atoms with Crippen LogP contribution in [0, 0.1) is 5.92 Å². The highest BCUT2D eigenvalue weighted by Gasteiger charge is 2.15. The molecule has 2 aromatic carbocycles. The number of nitrogens with zero attached hydrogens (tertiary/aromatic N) is 2. The number of carbonyl (C=O) groups excluding carboxylic acids is 1. The predicted octanol–water partition coefficient (Wildman–Crippen LogP) is 2.65. The molecular weight excluding hydrogens is 340 g/mol. The van der Waals surface area contributed by atoms with Gasteiger partial charge in [-0.05, 0) is 24.1 Å². The van der Waals surface area contributed by atoms with Gasteiger partial charge in [0.25, 0.3) is 5.56 Å². The zero-order chi connectivity index (χ0) is 19.2. The van der Waals surface area contributed by atoms with E-state index in [2.05, 4.69) is 29.6 Å². The second-order valence-corrected chi connectivity index (χ2v) is 6.86. The molecule has 0 aliphatic rings. The molecule has 6 nitrogen and oxygen atoms in total. The van der Waals surface area contributed by atoms with E-state index in [1.807, 2.05) is 42.5 Å². The summed E-state index contributed by atoms with van der Waals surface area (Å²) in [5.74, 6) is 0.0902. The number of anilines is 1. The normalized spacial score (nSPS) is 12.1. The Balaban J connectivity index is 1.63. The van der Waals surface area contributed by atoms with Gasteiger partial charge in [-0.15, -0.1) is 0 Å². The quantitative estimate of drug-likeness (QED) is 0.676. The van der Waals surface area contributed by atoms with Crippen molar-refractivity contribution in [3.05, 3.63) is 71.1 Å². The van der Waals surface area contributed by atoms with Gasteiger partial charge in [0.2, 0.25) is 5.91 Å². The summed E-state index contributed by atoms with van der Waals surface area (Å²) in [5, 5.41) is 11.8. The van der Waals surface area contributed by atoms with Crippen LogP contribution in [0.5, 0.6) is 0 Å². The number of aromatic nitrogens is 2. The molecule has 1 unspecified atom stereocenters. The van der Waals surface area contributed by atoms with E-state index in [4.69, 9.17) is 0 Å². The largest absolute Gasteiger partial charge is 0.380 e. The minimum absolute atomic E-state index is 0.0811. The number of para-hydroxylation sites is 1. The fraction of sp³-hybridized carbons (Fsp3) is 0.286. The Morgan fingerprint density at radius 3 is 2.52 bits per heavy atom. The second-order valence-electron chi connectivity index (χ2n) is 6.86. The van der Waals surface area contributed by atoms with Crippen LogP contribution >= 0.6 is 0 Å². The number of amides is 1. The summed E-state index contributed by atoms with van der Waals surface area (Å²) in [5.41, 5.74) is 0.754. The smallest absolute Gasteiger partial charge is 0.275 e. The van der Waals surface area contributed by atoms with Crippen molar-refractivity contribution in [3.63, 3.8) is 0 Å². The average Bonchev–Trinajstić information content (AvgIpc) is 2.68. The van der Waals surface area contributed by atoms with Crippen molar-refractivity contribution in [1.29, 1.82) is 0 Å². The summed E-state index contributed by atoms with van der Waals surface area (Å²) in [6.07, 6.45) is 1.61. The molecule has 1 atom stereocenters. The molecule has 0 fully saturated rings. The molecule has 0 aliphatic carbocycles. The van der Waals surface area contributed by atoms with Gasteiger partial charge in [-0.25, -0.2) is 4.68 Å². The average molecular weight is 364 g/mol. The van der Waals surface area contributed by atoms with Crippen LogP contribution in [0.3, 0.4) is 0 Å². The Bertz CT molecular complexity index is 967. The maximum absolute atomic E-state index is 12.5. The van der Waals surface area contributed by atoms with Gasteiger partial charge >= 0.3 is 0 Å². The van der Waals surface area contributed by atoms with Crippen LogP contribution in [0.4, 0.5) is 5.69 Å². The molecule has 0 spiro atoms. The van der Waals surface area contributed by atoms with Gasteiger partial charge in [-0.2, -0.15) is 5.10 Å². The summed E-state index contributed by atoms with van der Waals surface area (Å²) < 4.78 is 1.20. The second kappa shape index (κ2) is 8.49. The number of carbonyl (C=O) groups is 1. The molecule has 27 heavy (non-hydrogen) atoms. The summed E-state index contributed by atoms with van der Waals surface area (Å²) in [4.78, 5) is 24.8. The number of hydrogen-bond acceptors (Lipinski definition) is 4. The van der Waals surface area contributed by atoms with Crippen molar-refractivity contribution in [3.8, 4) is 0 Å². The highest BCUT2D eigenvalue weighted by molar-refractivity contribution is 5.81. The first kappa shape index (κ1) is 18.6. The number of rotatable bonds is 7. The molecule has 2 N–H and O–H groups in total. The molecule has 0 aliphatic heterocycles. The molecule has 6 heteroatoms. The molecule has 1 heterocycles. The maximum Gasteiger partial charge on any atom is 0.275 e. The molecule has 140 valence electrons. The highest BCUT2D eigenvalue weighted by Crippen LogP contribution is 2.12. The Labute approximate surface area is 158 Å². The van der Waals surface area contributed by atoms with Crippen molar-refractivity contribution in [1.82, 2.24) is 15.1 Å². The Morgan fingerprint density at radius 1 is 1.07 bits per heavy atom. The van der Waals surface area contributed by atoms with Gasteiger partial charge < -0.3 is 10.6 Å². The van der Waals surface area contributed by atoms with Gasteiger partial charge in [0.15, 0.2) is 0 Å². The van der Waals surface area contributed by atoms with E-state index in [1.54, 1.807) is 18.3 Å². The number of fused-ring (bicyclic) bond motifs is 1. The number of nitrogens with one attached hydrogen (secondary N) is 2. The minimum atomic E-state index is -0.258. The first-order chi connectivity index (χ1) is 13.0. The standard InChI is InChI=1S/C21H24N4O2/c1-15(2)19(24-17-9-4-3-5-10-17)13-22-20(26)14-25-21(27)18-11-7-6-8-16(18)12-23-25/h3-12,15,19,24H,13-14H2,1-2H3,(H,22,26). The first-order valence-corrected chi connectivity index (χ1v) is 9.08. The van der Waals surface area contributed by atoms with Crippen LogP contribution in [-0.4, -0.2) is 28.3 Å². The molecule has 0 saturated carbocycles. The number of benzene rings is 2. The fourth-order valence-electron chi connectivity index (χ4n) is 2.86. The summed E-state index contributed by atoms with van der Waals surface area (Å²) >= 11 is 0. The van der Waals surface area contributed by atoms with Gasteiger partial charge in [-0.1, -0.05) is 50.2 Å². The van der Waals surface area contributed by atoms with Crippen LogP contribution in [0.15, 0.2) is 65.6 Å². The molecule has 1 amide bonds. The van der Waals surface area contributed by atoms with E-state index in [-0.39, 0.29) is 24.1 Å². The van der Waals surface area contributed by atoms with E-state index in [1.165, 1.54) is 4.68 Å². The SMILES string of the molecule is CC(C)C(CNC(=O)Cn1ncc2ccccc2c1=O)Nc1ccccc1. The first-order valence-electron chi connectivity index (χ1n) is 9.08. The van der Waals surface area contributed by atoms with E-state index >= 15 is 0 Å². The molecule has 0 bridgehead atoms. The lowest BCUT2D eigenvalue weighted by Gasteiger charge is -2.24. The molecule has 0 saturated heterocycles. The van der Waals surface area contributed by atoms with Crippen LogP contribution < -0.4 is 16.2 Å². The van der Waals surface area contributed by atoms with Crippen molar-refractivity contribution >= 4 is 22.4 Å². The fourth-order valence-corrected chi connectivity index (χ4v) is 2.86. The van der Waals surface area contributed by atoms with E-state index in [0.29, 0.717) is 17.8 Å². The third-order valence-electron chi connectivity index (χ3n) is 4.50. The molecule has 3 rings (SSSR count). The van der Waals surface area contributed by atoms with Crippen LogP contribution in [0.2, 0.25) is 0 Å². The lowest BCUT2D eigenvalue weighted by atomic mass is 10.0. The van der Waals surface area contributed by atoms with E-state index in [0.717, 1.165) is 11.1 Å². The monoisotopic (exact) mass is 364 g/mol. The van der Waals surface area contributed by atoms with Gasteiger partial charge in [0.1, 0.15) is 6.54 Å². The molecule has 0 radical (unpaired) electrons. The third-order valence-corrected chi connectivity index (χ3v) is 4.50. The Morgan fingerprint density at radius 2 is 1.78 bits per heavy atom. The van der Waals surface area contributed by atoms with Gasteiger partial charge in [0.05, 0.1) is 11.6 Å². The number of hydrogen-bond donors (Lipinski definition) is 2. The minimum Gasteiger partial charge on any atom is -0.380 e. The van der Waals surface area contributed by atoms with Crippen molar-refractivity contribution in [2.75, 3.05) is 11.9 Å². The zero-order valence-corrected chi connectivity index (χ0v) is 15.6. The van der Waals surface area contributed by atoms with Crippen LogP contribution in [0.1, 0.15) is 13.8 Å². The van der Waals surface area contributed by atoms with Crippen LogP contribution in [-0.2, 0) is 11.3 Å². The summed E-state index contributed by atoms with van der Waals surface area (Å²) in [6.45, 7) is 4.57. The third kappa shape index (κ3) is 4.73. The van der Waals surface area contributed by atoms with Crippen molar-refractivity contribution < 1.29 is 4.79 Å². The summed E-state index contributed by atoms with van der Waals surface area (Å²) in [6, 6.07) is 17.2. The van der Waals surface area contributed by atoms with Gasteiger partial charge in [0, 0.05) is 23.7 Å². The topological polar surface area (TPSA) is 76.0 Å². The lowest BCUT2D eigenvalue weighted by molar-refractivity contribution is -0.122. The lowest BCUT2D eigenvalue weighted by Crippen LogP contribution is -2.42. The van der Waals surface area contributed by atoms with Gasteiger partial charge in [-0.3, -0.25) is 9.59 Å². The Hall–Kier alpha value is -3.15. The maximum atomic E-state index is 12.5. The molecule has 1 aromatic heterocycles. The molecular formula is C21H24N4O2. The summed E-state index contributed by atoms with van der Waals surface area (Å²) in [7, 11) is 0. The predicted molar refractivity (Wildman–Crippen MR) is 108 cm³/mol.